The average molecular weight is 312 g/mol. The van der Waals surface area contributed by atoms with Gasteiger partial charge in [0.05, 0.1) is 22.9 Å². The molecule has 112 valence electrons. The number of carbonyl (C=O) groups excluding carboxylic acids is 1. The second-order valence-electron chi connectivity index (χ2n) is 4.71. The van der Waals surface area contributed by atoms with Gasteiger partial charge in [-0.2, -0.15) is 0 Å². The molecule has 22 heavy (non-hydrogen) atoms. The average Bonchev–Trinajstić information content (AvgIpc) is 2.98. The molecular formula is C17H16N2O2S. The Morgan fingerprint density at radius 1 is 1.18 bits per heavy atom. The molecule has 0 aliphatic heterocycles. The summed E-state index contributed by atoms with van der Waals surface area (Å²) in [4.78, 5) is 19.1. The van der Waals surface area contributed by atoms with Crippen LogP contribution >= 0.6 is 11.3 Å². The van der Waals surface area contributed by atoms with Crippen LogP contribution in [0.4, 0.5) is 5.13 Å². The van der Waals surface area contributed by atoms with Gasteiger partial charge in [-0.3, -0.25) is 9.69 Å². The fourth-order valence-corrected chi connectivity index (χ4v) is 3.34. The zero-order valence-electron chi connectivity index (χ0n) is 12.4. The normalized spacial score (nSPS) is 10.6. The summed E-state index contributed by atoms with van der Waals surface area (Å²) < 4.78 is 6.36. The predicted molar refractivity (Wildman–Crippen MR) is 90.0 cm³/mol. The molecular weight excluding hydrogens is 296 g/mol. The van der Waals surface area contributed by atoms with Crippen molar-refractivity contribution >= 4 is 32.6 Å². The van der Waals surface area contributed by atoms with E-state index in [0.717, 1.165) is 10.2 Å². The van der Waals surface area contributed by atoms with E-state index in [2.05, 4.69) is 4.98 Å². The topological polar surface area (TPSA) is 42.4 Å². The molecule has 3 aromatic rings. The van der Waals surface area contributed by atoms with Gasteiger partial charge in [-0.1, -0.05) is 35.6 Å². The van der Waals surface area contributed by atoms with Gasteiger partial charge in [0.2, 0.25) is 0 Å². The fourth-order valence-electron chi connectivity index (χ4n) is 2.31. The van der Waals surface area contributed by atoms with Gasteiger partial charge in [-0.15, -0.1) is 0 Å². The van der Waals surface area contributed by atoms with Gasteiger partial charge in [-0.25, -0.2) is 4.98 Å². The van der Waals surface area contributed by atoms with E-state index in [4.69, 9.17) is 4.74 Å². The minimum atomic E-state index is -0.0981. The predicted octanol–water partition coefficient (Wildman–Crippen LogP) is 3.97. The van der Waals surface area contributed by atoms with Gasteiger partial charge in [0, 0.05) is 6.54 Å². The highest BCUT2D eigenvalue weighted by Gasteiger charge is 2.22. The van der Waals surface area contributed by atoms with Gasteiger partial charge in [-0.05, 0) is 31.2 Å². The summed E-state index contributed by atoms with van der Waals surface area (Å²) in [6.07, 6.45) is 0. The Morgan fingerprint density at radius 2 is 1.91 bits per heavy atom. The molecule has 1 heterocycles. The zero-order valence-corrected chi connectivity index (χ0v) is 13.3. The number of amides is 1. The van der Waals surface area contributed by atoms with E-state index in [0.29, 0.717) is 23.0 Å². The van der Waals surface area contributed by atoms with Gasteiger partial charge in [0.15, 0.2) is 5.13 Å². The zero-order chi connectivity index (χ0) is 15.5. The number of hydrogen-bond donors (Lipinski definition) is 0. The number of rotatable bonds is 4. The van der Waals surface area contributed by atoms with Crippen molar-refractivity contribution in [1.29, 1.82) is 0 Å². The van der Waals surface area contributed by atoms with E-state index in [-0.39, 0.29) is 5.91 Å². The summed E-state index contributed by atoms with van der Waals surface area (Å²) in [6.45, 7) is 2.50. The molecule has 0 aliphatic carbocycles. The standard InChI is InChI=1S/C17H16N2O2S/c1-3-19(16(20)12-8-4-6-10-14(12)21-2)17-18-13-9-5-7-11-15(13)22-17/h4-11H,3H2,1-2H3. The Labute approximate surface area is 133 Å². The van der Waals surface area contributed by atoms with Crippen molar-refractivity contribution in [3.63, 3.8) is 0 Å². The van der Waals surface area contributed by atoms with Crippen LogP contribution in [0.15, 0.2) is 48.5 Å². The van der Waals surface area contributed by atoms with Gasteiger partial charge >= 0.3 is 0 Å². The van der Waals surface area contributed by atoms with E-state index in [1.807, 2.05) is 43.3 Å². The van der Waals surface area contributed by atoms with E-state index in [9.17, 15) is 4.79 Å². The van der Waals surface area contributed by atoms with E-state index in [1.54, 1.807) is 24.1 Å². The molecule has 0 radical (unpaired) electrons. The first-order valence-electron chi connectivity index (χ1n) is 7.05. The minimum absolute atomic E-state index is 0.0981. The third-order valence-corrected chi connectivity index (χ3v) is 4.47. The molecule has 4 nitrogen and oxygen atoms in total. The lowest BCUT2D eigenvalue weighted by Crippen LogP contribution is -2.30. The van der Waals surface area contributed by atoms with Crippen molar-refractivity contribution in [3.05, 3.63) is 54.1 Å². The summed E-state index contributed by atoms with van der Waals surface area (Å²) >= 11 is 1.52. The fraction of sp³-hybridized carbons (Fsp3) is 0.176. The number of thiazole rings is 1. The Bertz CT molecular complexity index is 780. The Balaban J connectivity index is 2.01. The Kier molecular flexibility index (Phi) is 4.06. The lowest BCUT2D eigenvalue weighted by Gasteiger charge is -2.18. The van der Waals surface area contributed by atoms with Crippen LogP contribution in [0.1, 0.15) is 17.3 Å². The number of carbonyl (C=O) groups is 1. The first-order chi connectivity index (χ1) is 10.7. The number of benzene rings is 2. The van der Waals surface area contributed by atoms with Gasteiger partial charge in [0.25, 0.3) is 5.91 Å². The number of para-hydroxylation sites is 2. The quantitative estimate of drug-likeness (QED) is 0.732. The molecule has 0 saturated heterocycles. The number of fused-ring (bicyclic) bond motifs is 1. The number of ether oxygens (including phenoxy) is 1. The largest absolute Gasteiger partial charge is 0.496 e. The van der Waals surface area contributed by atoms with Crippen LogP contribution in [0, 0.1) is 0 Å². The molecule has 1 aromatic heterocycles. The molecule has 0 atom stereocenters. The van der Waals surface area contributed by atoms with Crippen LogP contribution in [0.25, 0.3) is 10.2 Å². The molecule has 0 aliphatic rings. The van der Waals surface area contributed by atoms with Crippen molar-refractivity contribution in [2.24, 2.45) is 0 Å². The lowest BCUT2D eigenvalue weighted by molar-refractivity contribution is 0.0985. The highest BCUT2D eigenvalue weighted by atomic mass is 32.1. The van der Waals surface area contributed by atoms with Crippen molar-refractivity contribution in [3.8, 4) is 5.75 Å². The van der Waals surface area contributed by atoms with Crippen molar-refractivity contribution in [2.45, 2.75) is 6.92 Å². The molecule has 3 rings (SSSR count). The maximum Gasteiger partial charge on any atom is 0.263 e. The third-order valence-electron chi connectivity index (χ3n) is 3.41. The molecule has 0 fully saturated rings. The first kappa shape index (κ1) is 14.5. The monoisotopic (exact) mass is 312 g/mol. The highest BCUT2D eigenvalue weighted by Crippen LogP contribution is 2.30. The first-order valence-corrected chi connectivity index (χ1v) is 7.86. The van der Waals surface area contributed by atoms with Gasteiger partial charge < -0.3 is 4.74 Å². The summed E-state index contributed by atoms with van der Waals surface area (Å²) in [6, 6.07) is 15.1. The molecule has 5 heteroatoms. The summed E-state index contributed by atoms with van der Waals surface area (Å²) in [5.41, 5.74) is 1.46. The Morgan fingerprint density at radius 3 is 2.64 bits per heavy atom. The van der Waals surface area contributed by atoms with Crippen LogP contribution in [0.5, 0.6) is 5.75 Å². The molecule has 2 aromatic carbocycles. The molecule has 1 amide bonds. The Hall–Kier alpha value is -2.40. The van der Waals surface area contributed by atoms with E-state index < -0.39 is 0 Å². The molecule has 0 N–H and O–H groups in total. The molecule has 0 saturated carbocycles. The van der Waals surface area contributed by atoms with E-state index in [1.165, 1.54) is 11.3 Å². The van der Waals surface area contributed by atoms with Gasteiger partial charge in [0.1, 0.15) is 5.75 Å². The van der Waals surface area contributed by atoms with Crippen LogP contribution in [0.3, 0.4) is 0 Å². The van der Waals surface area contributed by atoms with Crippen LogP contribution in [-0.2, 0) is 0 Å². The number of hydrogen-bond acceptors (Lipinski definition) is 4. The van der Waals surface area contributed by atoms with E-state index >= 15 is 0 Å². The summed E-state index contributed by atoms with van der Waals surface area (Å²) in [5, 5.41) is 0.708. The number of anilines is 1. The maximum atomic E-state index is 12.8. The highest BCUT2D eigenvalue weighted by molar-refractivity contribution is 7.22. The maximum absolute atomic E-state index is 12.8. The number of nitrogens with zero attached hydrogens (tertiary/aromatic N) is 2. The second kappa shape index (κ2) is 6.15. The summed E-state index contributed by atoms with van der Waals surface area (Å²) in [7, 11) is 1.57. The van der Waals surface area contributed by atoms with Crippen molar-refractivity contribution in [2.75, 3.05) is 18.6 Å². The SMILES string of the molecule is CCN(C(=O)c1ccccc1OC)c1nc2ccccc2s1. The van der Waals surface area contributed by atoms with Crippen molar-refractivity contribution < 1.29 is 9.53 Å². The molecule has 0 spiro atoms. The number of methoxy groups -OCH3 is 1. The molecule has 0 unspecified atom stereocenters. The number of aromatic nitrogens is 1. The summed E-state index contributed by atoms with van der Waals surface area (Å²) in [5.74, 6) is 0.478. The van der Waals surface area contributed by atoms with Crippen LogP contribution < -0.4 is 9.64 Å². The molecule has 0 bridgehead atoms. The second-order valence-corrected chi connectivity index (χ2v) is 5.72. The van der Waals surface area contributed by atoms with Crippen LogP contribution in [-0.4, -0.2) is 24.5 Å². The minimum Gasteiger partial charge on any atom is -0.496 e. The van der Waals surface area contributed by atoms with Crippen LogP contribution in [0.2, 0.25) is 0 Å². The lowest BCUT2D eigenvalue weighted by atomic mass is 10.2. The third kappa shape index (κ3) is 2.55. The smallest absolute Gasteiger partial charge is 0.263 e. The van der Waals surface area contributed by atoms with Crippen molar-refractivity contribution in [1.82, 2.24) is 4.98 Å².